The Morgan fingerprint density at radius 2 is 2.20 bits per heavy atom. The smallest absolute Gasteiger partial charge is 0.0617 e. The molecule has 0 radical (unpaired) electrons. The first-order valence-electron chi connectivity index (χ1n) is 3.75. The molecule has 0 saturated heterocycles. The molecule has 0 atom stereocenters. The fourth-order valence-corrected chi connectivity index (χ4v) is 0.648. The van der Waals surface area contributed by atoms with Crippen LogP contribution in [-0.2, 0) is 0 Å². The molecule has 0 aliphatic rings. The van der Waals surface area contributed by atoms with Gasteiger partial charge < -0.3 is 5.11 Å². The van der Waals surface area contributed by atoms with Crippen LogP contribution >= 0.6 is 0 Å². The summed E-state index contributed by atoms with van der Waals surface area (Å²) in [4.78, 5) is 0. The third-order valence-electron chi connectivity index (χ3n) is 1.25. The number of hydrogen-bond donors (Lipinski definition) is 1. The second kappa shape index (κ2) is 6.56. The molecule has 0 unspecified atom stereocenters. The summed E-state index contributed by atoms with van der Waals surface area (Å²) >= 11 is 0. The van der Waals surface area contributed by atoms with Crippen LogP contribution < -0.4 is 0 Å². The highest BCUT2D eigenvalue weighted by atomic mass is 16.2. The van der Waals surface area contributed by atoms with Crippen molar-refractivity contribution in [2.24, 2.45) is 0 Å². The van der Waals surface area contributed by atoms with Crippen molar-refractivity contribution in [1.82, 2.24) is 0 Å². The Morgan fingerprint density at radius 3 is 2.70 bits per heavy atom. The molecule has 0 aliphatic carbocycles. The second-order valence-electron chi connectivity index (χ2n) is 2.32. The van der Waals surface area contributed by atoms with Crippen LogP contribution in [0.25, 0.3) is 0 Å². The van der Waals surface area contributed by atoms with Gasteiger partial charge in [-0.25, -0.2) is 0 Å². The first-order valence-corrected chi connectivity index (χ1v) is 3.75. The summed E-state index contributed by atoms with van der Waals surface area (Å²) in [6, 6.07) is 0. The van der Waals surface area contributed by atoms with E-state index >= 15 is 0 Å². The summed E-state index contributed by atoms with van der Waals surface area (Å²) in [5.74, 6) is 0. The van der Waals surface area contributed by atoms with Gasteiger partial charge in [-0.3, -0.25) is 0 Å². The van der Waals surface area contributed by atoms with Crippen molar-refractivity contribution in [3.63, 3.8) is 0 Å². The molecule has 0 fully saturated rings. The maximum absolute atomic E-state index is 8.48. The van der Waals surface area contributed by atoms with Crippen LogP contribution in [0, 0.1) is 0 Å². The van der Waals surface area contributed by atoms with Crippen molar-refractivity contribution in [2.45, 2.75) is 26.7 Å². The molecule has 0 aromatic carbocycles. The third-order valence-corrected chi connectivity index (χ3v) is 1.25. The van der Waals surface area contributed by atoms with Gasteiger partial charge in [-0.15, -0.1) is 0 Å². The highest BCUT2D eigenvalue weighted by molar-refractivity contribution is 5.15. The first kappa shape index (κ1) is 9.44. The lowest BCUT2D eigenvalue weighted by atomic mass is 10.2. The fourth-order valence-electron chi connectivity index (χ4n) is 0.648. The minimum Gasteiger partial charge on any atom is -0.392 e. The predicted molar refractivity (Wildman–Crippen MR) is 44.9 cm³/mol. The van der Waals surface area contributed by atoms with Crippen LogP contribution in [-0.4, -0.2) is 11.7 Å². The molecule has 0 amide bonds. The van der Waals surface area contributed by atoms with Gasteiger partial charge in [0, 0.05) is 0 Å². The lowest BCUT2D eigenvalue weighted by Gasteiger charge is -1.88. The Labute approximate surface area is 63.1 Å². The van der Waals surface area contributed by atoms with E-state index in [0.29, 0.717) is 0 Å². The molecule has 1 heteroatoms. The number of rotatable bonds is 4. The van der Waals surface area contributed by atoms with Crippen LogP contribution in [0.3, 0.4) is 0 Å². The Kier molecular flexibility index (Phi) is 6.19. The van der Waals surface area contributed by atoms with Crippen LogP contribution in [0.4, 0.5) is 0 Å². The molecule has 0 spiro atoms. The van der Waals surface area contributed by atoms with Gasteiger partial charge in [0.25, 0.3) is 0 Å². The van der Waals surface area contributed by atoms with Crippen LogP contribution in [0.5, 0.6) is 0 Å². The number of aliphatic hydroxyl groups is 1. The standard InChI is InChI=1S/C9H16O/c1-3-4-5-6-9(2)7-8-10/h5-7,10H,3-4,8H2,1-2H3. The number of unbranched alkanes of at least 4 members (excludes halogenated alkanes) is 1. The number of aliphatic hydroxyl groups excluding tert-OH is 1. The molecule has 0 bridgehead atoms. The van der Waals surface area contributed by atoms with Crippen LogP contribution in [0.15, 0.2) is 23.8 Å². The molecule has 0 aromatic heterocycles. The quantitative estimate of drug-likeness (QED) is 0.594. The minimum atomic E-state index is 0.141. The molecule has 0 aliphatic heterocycles. The molecule has 1 N–H and O–H groups in total. The summed E-state index contributed by atoms with van der Waals surface area (Å²) < 4.78 is 0. The zero-order valence-corrected chi connectivity index (χ0v) is 6.80. The van der Waals surface area contributed by atoms with E-state index in [2.05, 4.69) is 13.0 Å². The lowest BCUT2D eigenvalue weighted by molar-refractivity contribution is 0.342. The second-order valence-corrected chi connectivity index (χ2v) is 2.32. The maximum Gasteiger partial charge on any atom is 0.0617 e. The van der Waals surface area contributed by atoms with Gasteiger partial charge in [0.2, 0.25) is 0 Å². The molecule has 1 nitrogen and oxygen atoms in total. The first-order chi connectivity index (χ1) is 4.81. The van der Waals surface area contributed by atoms with Gasteiger partial charge in [0.05, 0.1) is 6.61 Å². The number of hydrogen-bond acceptors (Lipinski definition) is 1. The van der Waals surface area contributed by atoms with E-state index in [1.807, 2.05) is 13.0 Å². The Morgan fingerprint density at radius 1 is 1.50 bits per heavy atom. The van der Waals surface area contributed by atoms with Gasteiger partial charge in [-0.1, -0.05) is 37.1 Å². The summed E-state index contributed by atoms with van der Waals surface area (Å²) in [7, 11) is 0. The summed E-state index contributed by atoms with van der Waals surface area (Å²) in [6.45, 7) is 4.28. The monoisotopic (exact) mass is 140 g/mol. The zero-order chi connectivity index (χ0) is 7.82. The Bertz CT molecular complexity index is 123. The van der Waals surface area contributed by atoms with Gasteiger partial charge in [0.1, 0.15) is 0 Å². The molecule has 10 heavy (non-hydrogen) atoms. The van der Waals surface area contributed by atoms with Crippen molar-refractivity contribution in [1.29, 1.82) is 0 Å². The normalized spacial score (nSPS) is 12.9. The fraction of sp³-hybridized carbons (Fsp3) is 0.556. The van der Waals surface area contributed by atoms with E-state index in [1.165, 1.54) is 6.42 Å². The minimum absolute atomic E-state index is 0.141. The predicted octanol–water partition coefficient (Wildman–Crippen LogP) is 2.28. The average Bonchev–Trinajstić information content (AvgIpc) is 1.89. The van der Waals surface area contributed by atoms with Gasteiger partial charge in [-0.2, -0.15) is 0 Å². The third kappa shape index (κ3) is 5.57. The van der Waals surface area contributed by atoms with E-state index < -0.39 is 0 Å². The summed E-state index contributed by atoms with van der Waals surface area (Å²) in [5.41, 5.74) is 1.14. The SMILES string of the molecule is CCCC=CC(C)=CCO. The molecule has 0 heterocycles. The molecule has 0 saturated carbocycles. The molecule has 0 rings (SSSR count). The van der Waals surface area contributed by atoms with E-state index in [1.54, 1.807) is 6.08 Å². The Hall–Kier alpha value is -0.560. The molecular weight excluding hydrogens is 124 g/mol. The van der Waals surface area contributed by atoms with Gasteiger partial charge in [0.15, 0.2) is 0 Å². The summed E-state index contributed by atoms with van der Waals surface area (Å²) in [6.07, 6.45) is 8.27. The largest absolute Gasteiger partial charge is 0.392 e. The van der Waals surface area contributed by atoms with Crippen molar-refractivity contribution in [2.75, 3.05) is 6.61 Å². The number of allylic oxidation sites excluding steroid dienone is 3. The highest BCUT2D eigenvalue weighted by Crippen LogP contribution is 1.96. The maximum atomic E-state index is 8.48. The van der Waals surface area contributed by atoms with E-state index in [0.717, 1.165) is 12.0 Å². The summed E-state index contributed by atoms with van der Waals surface area (Å²) in [5, 5.41) is 8.48. The molecular formula is C9H16O. The highest BCUT2D eigenvalue weighted by Gasteiger charge is 1.78. The van der Waals surface area contributed by atoms with E-state index in [-0.39, 0.29) is 6.61 Å². The molecule has 0 aromatic rings. The van der Waals surface area contributed by atoms with Crippen LogP contribution in [0.1, 0.15) is 26.7 Å². The topological polar surface area (TPSA) is 20.2 Å². The van der Waals surface area contributed by atoms with E-state index in [9.17, 15) is 0 Å². The average molecular weight is 140 g/mol. The van der Waals surface area contributed by atoms with Gasteiger partial charge in [-0.05, 0) is 13.3 Å². The van der Waals surface area contributed by atoms with Crippen LogP contribution in [0.2, 0.25) is 0 Å². The van der Waals surface area contributed by atoms with E-state index in [4.69, 9.17) is 5.11 Å². The zero-order valence-electron chi connectivity index (χ0n) is 6.80. The van der Waals surface area contributed by atoms with Crippen molar-refractivity contribution >= 4 is 0 Å². The lowest BCUT2D eigenvalue weighted by Crippen LogP contribution is -1.75. The molecule has 58 valence electrons. The van der Waals surface area contributed by atoms with Gasteiger partial charge >= 0.3 is 0 Å². The Balaban J connectivity index is 3.55. The van der Waals surface area contributed by atoms with Crippen molar-refractivity contribution < 1.29 is 5.11 Å². The van der Waals surface area contributed by atoms with Crippen molar-refractivity contribution in [3.05, 3.63) is 23.8 Å². The van der Waals surface area contributed by atoms with Crippen molar-refractivity contribution in [3.8, 4) is 0 Å².